The molecule has 0 heterocycles. The number of halogens is 2. The van der Waals surface area contributed by atoms with Gasteiger partial charge in [-0.1, -0.05) is 29.8 Å². The molecule has 1 atom stereocenters. The van der Waals surface area contributed by atoms with Gasteiger partial charge in [0.1, 0.15) is 5.82 Å². The first-order valence-electron chi connectivity index (χ1n) is 6.87. The van der Waals surface area contributed by atoms with Crippen LogP contribution in [0, 0.1) is 5.82 Å². The number of aliphatic hydroxyl groups is 1. The minimum absolute atomic E-state index is 0.262. The zero-order valence-electron chi connectivity index (χ0n) is 11.1. The first kappa shape index (κ1) is 13.6. The van der Waals surface area contributed by atoms with Gasteiger partial charge in [-0.05, 0) is 54.2 Å². The van der Waals surface area contributed by atoms with Crippen LogP contribution in [0.3, 0.4) is 0 Å². The van der Waals surface area contributed by atoms with Gasteiger partial charge >= 0.3 is 0 Å². The Bertz CT molecular complexity index is 639. The van der Waals surface area contributed by atoms with Crippen molar-refractivity contribution in [1.29, 1.82) is 0 Å². The van der Waals surface area contributed by atoms with E-state index in [0.717, 1.165) is 18.4 Å². The van der Waals surface area contributed by atoms with Crippen LogP contribution >= 0.6 is 11.6 Å². The van der Waals surface area contributed by atoms with E-state index in [2.05, 4.69) is 12.1 Å². The Kier molecular flexibility index (Phi) is 3.77. The lowest BCUT2D eigenvalue weighted by Gasteiger charge is -2.13. The molecule has 3 heteroatoms. The molecule has 0 spiro atoms. The minimum Gasteiger partial charge on any atom is -0.388 e. The predicted octanol–water partition coefficient (Wildman–Crippen LogP) is 4.24. The van der Waals surface area contributed by atoms with Crippen LogP contribution in [0.4, 0.5) is 4.39 Å². The van der Waals surface area contributed by atoms with E-state index in [9.17, 15) is 9.50 Å². The summed E-state index contributed by atoms with van der Waals surface area (Å²) in [7, 11) is 0. The van der Waals surface area contributed by atoms with Crippen LogP contribution in [0.15, 0.2) is 36.4 Å². The highest BCUT2D eigenvalue weighted by Gasteiger charge is 2.16. The zero-order valence-corrected chi connectivity index (χ0v) is 11.8. The molecule has 1 aliphatic rings. The summed E-state index contributed by atoms with van der Waals surface area (Å²) < 4.78 is 13.7. The van der Waals surface area contributed by atoms with Gasteiger partial charge in [0, 0.05) is 17.0 Å². The van der Waals surface area contributed by atoms with Crippen LogP contribution in [-0.4, -0.2) is 5.11 Å². The van der Waals surface area contributed by atoms with Crippen LogP contribution in [0.25, 0.3) is 0 Å². The lowest BCUT2D eigenvalue weighted by Crippen LogP contribution is -2.05. The SMILES string of the molecule is OC(Cc1ccc2c(c1)CCC2)c1cc(Cl)ccc1F. The number of fused-ring (bicyclic) bond motifs is 1. The van der Waals surface area contributed by atoms with Crippen molar-refractivity contribution in [1.82, 2.24) is 0 Å². The van der Waals surface area contributed by atoms with Crippen LogP contribution in [0.5, 0.6) is 0 Å². The van der Waals surface area contributed by atoms with Crippen molar-refractivity contribution in [2.24, 2.45) is 0 Å². The third kappa shape index (κ3) is 2.72. The maximum absolute atomic E-state index is 13.7. The van der Waals surface area contributed by atoms with Crippen LogP contribution < -0.4 is 0 Å². The summed E-state index contributed by atoms with van der Waals surface area (Å²) in [6.07, 6.45) is 2.98. The Labute approximate surface area is 123 Å². The van der Waals surface area contributed by atoms with E-state index in [-0.39, 0.29) is 5.56 Å². The number of hydrogen-bond donors (Lipinski definition) is 1. The molecule has 1 nitrogen and oxygen atoms in total. The molecule has 0 aromatic heterocycles. The van der Waals surface area contributed by atoms with E-state index < -0.39 is 11.9 Å². The first-order chi connectivity index (χ1) is 9.63. The zero-order chi connectivity index (χ0) is 14.1. The maximum atomic E-state index is 13.7. The molecule has 20 heavy (non-hydrogen) atoms. The van der Waals surface area contributed by atoms with E-state index in [0.29, 0.717) is 11.4 Å². The normalized spacial score (nSPS) is 15.2. The van der Waals surface area contributed by atoms with E-state index >= 15 is 0 Å². The summed E-state index contributed by atoms with van der Waals surface area (Å²) in [6.45, 7) is 0. The molecule has 3 rings (SSSR count). The van der Waals surface area contributed by atoms with Crippen molar-refractivity contribution >= 4 is 11.6 Å². The second-order valence-electron chi connectivity index (χ2n) is 5.34. The average molecular weight is 291 g/mol. The summed E-state index contributed by atoms with van der Waals surface area (Å²) >= 11 is 5.86. The molecule has 1 unspecified atom stereocenters. The van der Waals surface area contributed by atoms with E-state index in [1.807, 2.05) is 6.07 Å². The molecular weight excluding hydrogens is 275 g/mol. The van der Waals surface area contributed by atoms with Gasteiger partial charge in [0.15, 0.2) is 0 Å². The van der Waals surface area contributed by atoms with Crippen molar-refractivity contribution in [2.75, 3.05) is 0 Å². The van der Waals surface area contributed by atoms with Gasteiger partial charge in [-0.2, -0.15) is 0 Å². The molecule has 0 amide bonds. The van der Waals surface area contributed by atoms with Crippen molar-refractivity contribution in [3.8, 4) is 0 Å². The van der Waals surface area contributed by atoms with Crippen molar-refractivity contribution in [2.45, 2.75) is 31.8 Å². The fourth-order valence-corrected chi connectivity index (χ4v) is 3.04. The van der Waals surface area contributed by atoms with Gasteiger partial charge in [-0.3, -0.25) is 0 Å². The maximum Gasteiger partial charge on any atom is 0.129 e. The van der Waals surface area contributed by atoms with E-state index in [4.69, 9.17) is 11.6 Å². The molecule has 0 aliphatic heterocycles. The molecule has 2 aromatic carbocycles. The molecular formula is C17H16ClFO. The molecule has 1 aliphatic carbocycles. The summed E-state index contributed by atoms with van der Waals surface area (Å²) in [5, 5.41) is 10.7. The lowest BCUT2D eigenvalue weighted by atomic mass is 9.98. The standard InChI is InChI=1S/C17H16ClFO/c18-14-6-7-16(19)15(10-14)17(20)9-11-4-5-12-2-1-3-13(12)8-11/h4-8,10,17,20H,1-3,9H2. The Morgan fingerprint density at radius 3 is 2.75 bits per heavy atom. The van der Waals surface area contributed by atoms with Gasteiger partial charge in [0.05, 0.1) is 6.10 Å². The minimum atomic E-state index is -0.867. The van der Waals surface area contributed by atoms with Gasteiger partial charge in [-0.25, -0.2) is 4.39 Å². The van der Waals surface area contributed by atoms with E-state index in [1.165, 1.54) is 35.7 Å². The Balaban J connectivity index is 1.82. The third-order valence-electron chi connectivity index (χ3n) is 3.91. The molecule has 0 saturated carbocycles. The van der Waals surface area contributed by atoms with Gasteiger partial charge in [0.2, 0.25) is 0 Å². The quantitative estimate of drug-likeness (QED) is 0.896. The Morgan fingerprint density at radius 2 is 1.90 bits per heavy atom. The topological polar surface area (TPSA) is 20.2 Å². The lowest BCUT2D eigenvalue weighted by molar-refractivity contribution is 0.173. The van der Waals surface area contributed by atoms with Crippen molar-refractivity contribution in [3.63, 3.8) is 0 Å². The highest BCUT2D eigenvalue weighted by Crippen LogP contribution is 2.27. The fourth-order valence-electron chi connectivity index (χ4n) is 2.86. The van der Waals surface area contributed by atoms with Crippen LogP contribution in [0.1, 0.15) is 34.8 Å². The molecule has 104 valence electrons. The van der Waals surface area contributed by atoms with E-state index in [1.54, 1.807) is 0 Å². The molecule has 0 bridgehead atoms. The third-order valence-corrected chi connectivity index (χ3v) is 4.14. The highest BCUT2D eigenvalue weighted by molar-refractivity contribution is 6.30. The molecule has 2 aromatic rings. The van der Waals surface area contributed by atoms with Crippen LogP contribution in [-0.2, 0) is 19.3 Å². The van der Waals surface area contributed by atoms with Crippen molar-refractivity contribution in [3.05, 3.63) is 69.5 Å². The predicted molar refractivity (Wildman–Crippen MR) is 78.5 cm³/mol. The highest BCUT2D eigenvalue weighted by atomic mass is 35.5. The summed E-state index contributed by atoms with van der Waals surface area (Å²) in [6, 6.07) is 10.6. The number of aryl methyl sites for hydroxylation is 2. The molecule has 0 fully saturated rings. The van der Waals surface area contributed by atoms with Gasteiger partial charge in [-0.15, -0.1) is 0 Å². The summed E-state index contributed by atoms with van der Waals surface area (Å²) in [5.41, 5.74) is 4.06. The molecule has 0 radical (unpaired) electrons. The summed E-state index contributed by atoms with van der Waals surface area (Å²) in [4.78, 5) is 0. The Hall–Kier alpha value is -1.38. The monoisotopic (exact) mass is 290 g/mol. The largest absolute Gasteiger partial charge is 0.388 e. The van der Waals surface area contributed by atoms with Gasteiger partial charge < -0.3 is 5.11 Å². The number of hydrogen-bond acceptors (Lipinski definition) is 1. The Morgan fingerprint density at radius 1 is 1.10 bits per heavy atom. The average Bonchev–Trinajstić information content (AvgIpc) is 2.89. The first-order valence-corrected chi connectivity index (χ1v) is 7.25. The second-order valence-corrected chi connectivity index (χ2v) is 5.78. The summed E-state index contributed by atoms with van der Waals surface area (Å²) in [5.74, 6) is -0.414. The fraction of sp³-hybridized carbons (Fsp3) is 0.294. The number of rotatable bonds is 3. The smallest absolute Gasteiger partial charge is 0.129 e. The van der Waals surface area contributed by atoms with Gasteiger partial charge in [0.25, 0.3) is 0 Å². The molecule has 1 N–H and O–H groups in total. The number of aliphatic hydroxyl groups excluding tert-OH is 1. The van der Waals surface area contributed by atoms with Crippen LogP contribution in [0.2, 0.25) is 5.02 Å². The molecule has 0 saturated heterocycles. The number of benzene rings is 2. The van der Waals surface area contributed by atoms with Crippen molar-refractivity contribution < 1.29 is 9.50 Å². The second kappa shape index (κ2) is 5.55.